The smallest absolute Gasteiger partial charge is 0.251 e. The normalized spacial score (nSPS) is 15.8. The molecule has 2 aromatic rings. The fourth-order valence-electron chi connectivity index (χ4n) is 3.20. The fourth-order valence-corrected chi connectivity index (χ4v) is 4.62. The average molecular weight is 388 g/mol. The quantitative estimate of drug-likeness (QED) is 0.823. The summed E-state index contributed by atoms with van der Waals surface area (Å²) in [6, 6.07) is 13.8. The van der Waals surface area contributed by atoms with Crippen LogP contribution in [0.2, 0.25) is 0 Å². The summed E-state index contributed by atoms with van der Waals surface area (Å²) in [6.07, 6.45) is 0.702. The van der Waals surface area contributed by atoms with E-state index in [1.54, 1.807) is 19.2 Å². The molecule has 0 saturated carbocycles. The summed E-state index contributed by atoms with van der Waals surface area (Å²) in [4.78, 5) is 12.4. The van der Waals surface area contributed by atoms with Crippen LogP contribution in [0.3, 0.4) is 0 Å². The first kappa shape index (κ1) is 19.5. The molecule has 0 bridgehead atoms. The Hall–Kier alpha value is -2.22. The molecule has 0 radical (unpaired) electrons. The first-order valence-electron chi connectivity index (χ1n) is 8.88. The second-order valence-corrected chi connectivity index (χ2v) is 8.65. The zero-order valence-electron chi connectivity index (χ0n) is 15.5. The Morgan fingerprint density at radius 2 is 1.81 bits per heavy atom. The lowest BCUT2D eigenvalue weighted by Gasteiger charge is -2.28. The summed E-state index contributed by atoms with van der Waals surface area (Å²) in [7, 11) is -2.03. The van der Waals surface area contributed by atoms with Crippen LogP contribution in [0.1, 0.15) is 28.4 Å². The van der Waals surface area contributed by atoms with E-state index in [1.807, 2.05) is 31.2 Å². The van der Waals surface area contributed by atoms with Gasteiger partial charge in [0.25, 0.3) is 5.91 Å². The molecule has 0 saturated heterocycles. The minimum absolute atomic E-state index is 0.126. The van der Waals surface area contributed by atoms with Crippen LogP contribution >= 0.6 is 0 Å². The van der Waals surface area contributed by atoms with Gasteiger partial charge in [-0.2, -0.15) is 4.31 Å². The molecule has 144 valence electrons. The lowest BCUT2D eigenvalue weighted by atomic mass is 10.0. The number of nitrogens with one attached hydrogen (secondary N) is 1. The SMILES string of the molecule is COCC(C)NC(=O)c1ccc(S(=O)(=O)N2CCc3ccccc3C2)cc1. The van der Waals surface area contributed by atoms with E-state index in [1.165, 1.54) is 22.0 Å². The molecule has 0 aromatic heterocycles. The maximum atomic E-state index is 12.9. The minimum Gasteiger partial charge on any atom is -0.383 e. The van der Waals surface area contributed by atoms with E-state index in [4.69, 9.17) is 4.74 Å². The Labute approximate surface area is 160 Å². The van der Waals surface area contributed by atoms with Gasteiger partial charge in [-0.05, 0) is 48.7 Å². The van der Waals surface area contributed by atoms with Crippen molar-refractivity contribution in [2.24, 2.45) is 0 Å². The molecule has 2 aromatic carbocycles. The summed E-state index contributed by atoms with van der Waals surface area (Å²) in [6.45, 7) is 3.08. The summed E-state index contributed by atoms with van der Waals surface area (Å²) in [5.41, 5.74) is 2.65. The third-order valence-electron chi connectivity index (χ3n) is 4.64. The lowest BCUT2D eigenvalue weighted by molar-refractivity contribution is 0.0905. The highest BCUT2D eigenvalue weighted by atomic mass is 32.2. The van der Waals surface area contributed by atoms with Crippen molar-refractivity contribution in [1.82, 2.24) is 9.62 Å². The van der Waals surface area contributed by atoms with Gasteiger partial charge in [-0.3, -0.25) is 4.79 Å². The van der Waals surface area contributed by atoms with Gasteiger partial charge in [0.2, 0.25) is 10.0 Å². The van der Waals surface area contributed by atoms with Crippen molar-refractivity contribution in [2.75, 3.05) is 20.3 Å². The number of fused-ring (bicyclic) bond motifs is 1. The molecule has 6 nitrogen and oxygen atoms in total. The molecule has 1 atom stereocenters. The molecule has 0 aliphatic carbocycles. The Morgan fingerprint density at radius 1 is 1.15 bits per heavy atom. The molecule has 1 heterocycles. The number of methoxy groups -OCH3 is 1. The molecule has 7 heteroatoms. The highest BCUT2D eigenvalue weighted by Gasteiger charge is 2.28. The molecule has 1 aliphatic heterocycles. The predicted octanol–water partition coefficient (Wildman–Crippen LogP) is 2.20. The van der Waals surface area contributed by atoms with E-state index in [0.717, 1.165) is 5.56 Å². The number of carbonyl (C=O) groups excluding carboxylic acids is 1. The van der Waals surface area contributed by atoms with Gasteiger partial charge in [0.1, 0.15) is 0 Å². The molecule has 0 spiro atoms. The van der Waals surface area contributed by atoms with Crippen molar-refractivity contribution in [3.63, 3.8) is 0 Å². The second kappa shape index (κ2) is 8.21. The van der Waals surface area contributed by atoms with Crippen LogP contribution in [0.5, 0.6) is 0 Å². The van der Waals surface area contributed by atoms with E-state index in [2.05, 4.69) is 5.32 Å². The lowest BCUT2D eigenvalue weighted by Crippen LogP contribution is -2.36. The molecule has 3 rings (SSSR count). The summed E-state index contributed by atoms with van der Waals surface area (Å²) in [5, 5.41) is 2.81. The van der Waals surface area contributed by atoms with E-state index in [9.17, 15) is 13.2 Å². The predicted molar refractivity (Wildman–Crippen MR) is 103 cm³/mol. The van der Waals surface area contributed by atoms with E-state index >= 15 is 0 Å². The first-order chi connectivity index (χ1) is 12.9. The summed E-state index contributed by atoms with van der Waals surface area (Å²) in [5.74, 6) is -0.254. The number of benzene rings is 2. The molecule has 27 heavy (non-hydrogen) atoms. The van der Waals surface area contributed by atoms with Crippen molar-refractivity contribution >= 4 is 15.9 Å². The van der Waals surface area contributed by atoms with Gasteiger partial charge < -0.3 is 10.1 Å². The van der Waals surface area contributed by atoms with Crippen molar-refractivity contribution in [3.05, 3.63) is 65.2 Å². The molecule has 0 fully saturated rings. The van der Waals surface area contributed by atoms with Gasteiger partial charge in [0, 0.05) is 31.8 Å². The Morgan fingerprint density at radius 3 is 2.48 bits per heavy atom. The maximum Gasteiger partial charge on any atom is 0.251 e. The van der Waals surface area contributed by atoms with Crippen LogP contribution < -0.4 is 5.32 Å². The zero-order valence-corrected chi connectivity index (χ0v) is 16.3. The third kappa shape index (κ3) is 4.37. The van der Waals surface area contributed by atoms with Crippen LogP contribution in [-0.2, 0) is 27.7 Å². The van der Waals surface area contributed by atoms with Gasteiger partial charge in [-0.25, -0.2) is 8.42 Å². The van der Waals surface area contributed by atoms with Gasteiger partial charge in [0.15, 0.2) is 0 Å². The van der Waals surface area contributed by atoms with E-state index in [-0.39, 0.29) is 16.8 Å². The average Bonchev–Trinajstić information content (AvgIpc) is 2.67. The first-order valence-corrected chi connectivity index (χ1v) is 10.3. The highest BCUT2D eigenvalue weighted by Crippen LogP contribution is 2.25. The van der Waals surface area contributed by atoms with Crippen LogP contribution in [0.25, 0.3) is 0 Å². The molecule has 1 amide bonds. The topological polar surface area (TPSA) is 75.7 Å². The van der Waals surface area contributed by atoms with Crippen molar-refractivity contribution in [2.45, 2.75) is 30.8 Å². The fraction of sp³-hybridized carbons (Fsp3) is 0.350. The van der Waals surface area contributed by atoms with Crippen LogP contribution in [0, 0.1) is 0 Å². The Bertz CT molecular complexity index is 910. The number of hydrogen-bond acceptors (Lipinski definition) is 4. The zero-order chi connectivity index (χ0) is 19.4. The van der Waals surface area contributed by atoms with Gasteiger partial charge in [-0.1, -0.05) is 24.3 Å². The minimum atomic E-state index is -3.60. The number of sulfonamides is 1. The van der Waals surface area contributed by atoms with Crippen molar-refractivity contribution in [3.8, 4) is 0 Å². The maximum absolute atomic E-state index is 12.9. The molecule has 1 N–H and O–H groups in total. The second-order valence-electron chi connectivity index (χ2n) is 6.71. The Kier molecular flexibility index (Phi) is 5.94. The summed E-state index contributed by atoms with van der Waals surface area (Å²) < 4.78 is 32.4. The van der Waals surface area contributed by atoms with Crippen LogP contribution in [0.4, 0.5) is 0 Å². The molecular weight excluding hydrogens is 364 g/mol. The van der Waals surface area contributed by atoms with Crippen molar-refractivity contribution < 1.29 is 17.9 Å². The number of nitrogens with zero attached hydrogens (tertiary/aromatic N) is 1. The Balaban J connectivity index is 1.73. The van der Waals surface area contributed by atoms with E-state index in [0.29, 0.717) is 31.7 Å². The van der Waals surface area contributed by atoms with Gasteiger partial charge in [-0.15, -0.1) is 0 Å². The van der Waals surface area contributed by atoms with E-state index < -0.39 is 10.0 Å². The van der Waals surface area contributed by atoms with Gasteiger partial charge >= 0.3 is 0 Å². The number of hydrogen-bond donors (Lipinski definition) is 1. The number of ether oxygens (including phenoxy) is 1. The van der Waals surface area contributed by atoms with Crippen LogP contribution in [0.15, 0.2) is 53.4 Å². The van der Waals surface area contributed by atoms with Gasteiger partial charge in [0.05, 0.1) is 11.5 Å². The number of carbonyl (C=O) groups is 1. The molecule has 1 aliphatic rings. The summed E-state index contributed by atoms with van der Waals surface area (Å²) >= 11 is 0. The standard InChI is InChI=1S/C20H24N2O4S/c1-15(14-26-2)21-20(23)17-7-9-19(10-8-17)27(24,25)22-12-11-16-5-3-4-6-18(16)13-22/h3-10,15H,11-14H2,1-2H3,(H,21,23). The van der Waals surface area contributed by atoms with Crippen molar-refractivity contribution in [1.29, 1.82) is 0 Å². The molecule has 1 unspecified atom stereocenters. The molecular formula is C20H24N2O4S. The van der Waals surface area contributed by atoms with Crippen LogP contribution in [-0.4, -0.2) is 44.9 Å². The highest BCUT2D eigenvalue weighted by molar-refractivity contribution is 7.89. The number of rotatable bonds is 6. The largest absolute Gasteiger partial charge is 0.383 e. The monoisotopic (exact) mass is 388 g/mol. The third-order valence-corrected chi connectivity index (χ3v) is 6.50. The number of amides is 1.